The minimum Gasteiger partial charge on any atom is -0.304 e. The normalized spacial score (nSPS) is 15.9. The smallest absolute Gasteiger partial charge is 0.0110 e. The fraction of sp³-hybridized carbons (Fsp3) is 1.00. The molecule has 1 aliphatic rings. The third-order valence-electron chi connectivity index (χ3n) is 5.20. The van der Waals surface area contributed by atoms with Crippen LogP contribution in [0.25, 0.3) is 0 Å². The van der Waals surface area contributed by atoms with E-state index in [2.05, 4.69) is 61.4 Å². The second kappa shape index (κ2) is 18.2. The van der Waals surface area contributed by atoms with Crippen molar-refractivity contribution in [3.63, 3.8) is 0 Å². The second-order valence-corrected chi connectivity index (χ2v) is 7.54. The van der Waals surface area contributed by atoms with Gasteiger partial charge in [-0.2, -0.15) is 0 Å². The number of piperazine rings is 1. The van der Waals surface area contributed by atoms with Crippen LogP contribution in [0.5, 0.6) is 0 Å². The maximum Gasteiger partial charge on any atom is 0.0110 e. The van der Waals surface area contributed by atoms with Crippen molar-refractivity contribution in [3.05, 3.63) is 0 Å². The van der Waals surface area contributed by atoms with Crippen LogP contribution in [0, 0.1) is 0 Å². The summed E-state index contributed by atoms with van der Waals surface area (Å²) < 4.78 is 0. The minimum atomic E-state index is 0.667. The van der Waals surface area contributed by atoms with Crippen LogP contribution < -0.4 is 0 Å². The summed E-state index contributed by atoms with van der Waals surface area (Å²) >= 11 is 0. The Bertz CT molecular complexity index is 245. The van der Waals surface area contributed by atoms with Crippen molar-refractivity contribution in [1.82, 2.24) is 19.6 Å². The van der Waals surface area contributed by atoms with Crippen molar-refractivity contribution in [1.29, 1.82) is 0 Å². The average molecular weight is 373 g/mol. The summed E-state index contributed by atoms with van der Waals surface area (Å²) in [6, 6.07) is 1.33. The molecule has 0 N–H and O–H groups in total. The third kappa shape index (κ3) is 14.0. The van der Waals surface area contributed by atoms with E-state index in [9.17, 15) is 0 Å². The molecule has 0 atom stereocenters. The largest absolute Gasteiger partial charge is 0.304 e. The zero-order chi connectivity index (χ0) is 20.5. The highest BCUT2D eigenvalue weighted by Crippen LogP contribution is 2.05. The molecule has 0 aromatic rings. The molecule has 1 aliphatic heterocycles. The molecule has 1 fully saturated rings. The first-order valence-corrected chi connectivity index (χ1v) is 11.3. The molecule has 4 nitrogen and oxygen atoms in total. The molecule has 1 saturated heterocycles. The van der Waals surface area contributed by atoms with Crippen LogP contribution in [-0.4, -0.2) is 98.1 Å². The van der Waals surface area contributed by atoms with E-state index in [1.54, 1.807) is 0 Å². The molecule has 1 heterocycles. The summed E-state index contributed by atoms with van der Waals surface area (Å²) in [5, 5.41) is 0. The molecule has 0 radical (unpaired) electrons. The van der Waals surface area contributed by atoms with E-state index < -0.39 is 0 Å². The summed E-state index contributed by atoms with van der Waals surface area (Å²) in [5.41, 5.74) is 0. The summed E-state index contributed by atoms with van der Waals surface area (Å²) in [6.45, 7) is 27.1. The van der Waals surface area contributed by atoms with Gasteiger partial charge in [0.2, 0.25) is 0 Å². The highest BCUT2D eigenvalue weighted by Gasteiger charge is 2.16. The van der Waals surface area contributed by atoms with Gasteiger partial charge in [-0.25, -0.2) is 0 Å². The Kier molecular flexibility index (Phi) is 19.7. The van der Waals surface area contributed by atoms with Crippen molar-refractivity contribution in [3.8, 4) is 0 Å². The fourth-order valence-electron chi connectivity index (χ4n) is 2.84. The van der Waals surface area contributed by atoms with Gasteiger partial charge in [-0.1, -0.05) is 27.7 Å². The molecule has 4 heteroatoms. The quantitative estimate of drug-likeness (QED) is 0.572. The van der Waals surface area contributed by atoms with E-state index in [1.807, 2.05) is 27.7 Å². The zero-order valence-electron chi connectivity index (χ0n) is 20.0. The van der Waals surface area contributed by atoms with Gasteiger partial charge in [0.05, 0.1) is 0 Å². The number of hydrogen-bond acceptors (Lipinski definition) is 4. The predicted molar refractivity (Wildman–Crippen MR) is 120 cm³/mol. The maximum atomic E-state index is 2.64. The molecule has 0 saturated carbocycles. The number of nitrogens with zero attached hydrogens (tertiary/aromatic N) is 4. The van der Waals surface area contributed by atoms with Gasteiger partial charge in [0.25, 0.3) is 0 Å². The molecular formula is C22H52N4. The van der Waals surface area contributed by atoms with Crippen LogP contribution >= 0.6 is 0 Å². The highest BCUT2D eigenvalue weighted by atomic mass is 15.3. The molecule has 160 valence electrons. The van der Waals surface area contributed by atoms with Crippen molar-refractivity contribution in [2.75, 3.05) is 66.5 Å². The molecular weight excluding hydrogens is 320 g/mol. The number of hydrogen-bond donors (Lipinski definition) is 0. The molecule has 26 heavy (non-hydrogen) atoms. The first-order valence-electron chi connectivity index (χ1n) is 11.3. The average Bonchev–Trinajstić information content (AvgIpc) is 2.66. The highest BCUT2D eigenvalue weighted by molar-refractivity contribution is 4.73. The Morgan fingerprint density at radius 1 is 0.615 bits per heavy atom. The monoisotopic (exact) mass is 372 g/mol. The molecule has 0 amide bonds. The molecule has 0 aliphatic carbocycles. The topological polar surface area (TPSA) is 13.0 Å². The van der Waals surface area contributed by atoms with Gasteiger partial charge >= 0.3 is 0 Å². The van der Waals surface area contributed by atoms with Crippen molar-refractivity contribution >= 4 is 0 Å². The van der Waals surface area contributed by atoms with E-state index in [4.69, 9.17) is 0 Å². The van der Waals surface area contributed by atoms with Gasteiger partial charge in [0.15, 0.2) is 0 Å². The zero-order valence-corrected chi connectivity index (χ0v) is 20.0. The Hall–Kier alpha value is -0.160. The summed E-state index contributed by atoms with van der Waals surface area (Å²) in [6.07, 6.45) is 2.60. The molecule has 0 aromatic carbocycles. The van der Waals surface area contributed by atoms with Crippen LogP contribution in [0.15, 0.2) is 0 Å². The maximum absolute atomic E-state index is 2.64. The lowest BCUT2D eigenvalue weighted by Crippen LogP contribution is -2.47. The standard InChI is InChI=1S/C18H40N4.2C2H6/c1-17(2)19(5)9-7-11-21-13-15-22(16-14-21)12-8-10-20(6)18(3)4;2*1-2/h17-18H,7-16H2,1-6H3;2*1-2H3. The summed E-state index contributed by atoms with van der Waals surface area (Å²) in [4.78, 5) is 10.2. The molecule has 1 rings (SSSR count). The Morgan fingerprint density at radius 2 is 0.885 bits per heavy atom. The van der Waals surface area contributed by atoms with Gasteiger partial charge in [0, 0.05) is 38.3 Å². The lowest BCUT2D eigenvalue weighted by Gasteiger charge is -2.35. The van der Waals surface area contributed by atoms with Crippen molar-refractivity contribution in [2.45, 2.75) is 80.3 Å². The van der Waals surface area contributed by atoms with Gasteiger partial charge < -0.3 is 19.6 Å². The Labute approximate surface area is 166 Å². The van der Waals surface area contributed by atoms with Crippen LogP contribution in [-0.2, 0) is 0 Å². The molecule has 0 unspecified atom stereocenters. The van der Waals surface area contributed by atoms with Crippen molar-refractivity contribution < 1.29 is 0 Å². The number of rotatable bonds is 10. The van der Waals surface area contributed by atoms with Crippen LogP contribution in [0.2, 0.25) is 0 Å². The fourth-order valence-corrected chi connectivity index (χ4v) is 2.84. The van der Waals surface area contributed by atoms with Gasteiger partial charge in [-0.3, -0.25) is 0 Å². The van der Waals surface area contributed by atoms with Gasteiger partial charge in [-0.05, 0) is 80.8 Å². The van der Waals surface area contributed by atoms with Crippen LogP contribution in [0.1, 0.15) is 68.2 Å². The van der Waals surface area contributed by atoms with Crippen LogP contribution in [0.3, 0.4) is 0 Å². The van der Waals surface area contributed by atoms with E-state index in [0.717, 1.165) is 0 Å². The summed E-state index contributed by atoms with van der Waals surface area (Å²) in [7, 11) is 4.47. The minimum absolute atomic E-state index is 0.667. The lowest BCUT2D eigenvalue weighted by molar-refractivity contribution is 0.121. The third-order valence-corrected chi connectivity index (χ3v) is 5.20. The second-order valence-electron chi connectivity index (χ2n) is 7.54. The van der Waals surface area contributed by atoms with E-state index in [-0.39, 0.29) is 0 Å². The van der Waals surface area contributed by atoms with E-state index >= 15 is 0 Å². The van der Waals surface area contributed by atoms with Crippen LogP contribution in [0.4, 0.5) is 0 Å². The molecule has 0 aromatic heterocycles. The predicted octanol–water partition coefficient (Wildman–Crippen LogP) is 4.12. The molecule has 0 spiro atoms. The first kappa shape index (κ1) is 28.1. The van der Waals surface area contributed by atoms with Gasteiger partial charge in [-0.15, -0.1) is 0 Å². The summed E-state index contributed by atoms with van der Waals surface area (Å²) in [5.74, 6) is 0. The Balaban J connectivity index is 0. The van der Waals surface area contributed by atoms with E-state index in [1.165, 1.54) is 65.2 Å². The van der Waals surface area contributed by atoms with Gasteiger partial charge in [0.1, 0.15) is 0 Å². The Morgan fingerprint density at radius 3 is 1.12 bits per heavy atom. The first-order chi connectivity index (χ1) is 12.4. The SMILES string of the molecule is CC.CC.CC(C)N(C)CCCN1CCN(CCCN(C)C(C)C)CC1. The lowest BCUT2D eigenvalue weighted by atomic mass is 10.2. The molecule has 0 bridgehead atoms. The van der Waals surface area contributed by atoms with E-state index in [0.29, 0.717) is 12.1 Å². The van der Waals surface area contributed by atoms with Crippen molar-refractivity contribution in [2.24, 2.45) is 0 Å².